The predicted octanol–water partition coefficient (Wildman–Crippen LogP) is 4.57. The average molecular weight is 291 g/mol. The molecule has 0 saturated heterocycles. The molecule has 0 N–H and O–H groups in total. The number of aryl methyl sites for hydroxylation is 1. The SMILES string of the molecule is [C-]#[N+]c1ccc(-c2ccc(CCCOC(=O)C=C)cc2)cc1. The first-order chi connectivity index (χ1) is 10.7. The van der Waals surface area contributed by atoms with Gasteiger partial charge in [-0.25, -0.2) is 9.64 Å². The summed E-state index contributed by atoms with van der Waals surface area (Å²) in [6, 6.07) is 15.8. The lowest BCUT2D eigenvalue weighted by Crippen LogP contribution is -2.02. The van der Waals surface area contributed by atoms with Gasteiger partial charge in [0.25, 0.3) is 0 Å². The summed E-state index contributed by atoms with van der Waals surface area (Å²) in [5.41, 5.74) is 4.07. The Labute approximate surface area is 130 Å². The van der Waals surface area contributed by atoms with Crippen LogP contribution in [0.3, 0.4) is 0 Å². The molecule has 2 aromatic rings. The van der Waals surface area contributed by atoms with Crippen LogP contribution in [0.4, 0.5) is 5.69 Å². The van der Waals surface area contributed by atoms with Gasteiger partial charge in [-0.2, -0.15) is 0 Å². The van der Waals surface area contributed by atoms with E-state index < -0.39 is 0 Å². The second kappa shape index (κ2) is 7.80. The predicted molar refractivity (Wildman–Crippen MR) is 87.6 cm³/mol. The van der Waals surface area contributed by atoms with Crippen LogP contribution in [-0.4, -0.2) is 12.6 Å². The van der Waals surface area contributed by atoms with E-state index in [-0.39, 0.29) is 5.97 Å². The van der Waals surface area contributed by atoms with Gasteiger partial charge >= 0.3 is 5.97 Å². The normalized spacial score (nSPS) is 9.77. The Morgan fingerprint density at radius 1 is 1.09 bits per heavy atom. The van der Waals surface area contributed by atoms with Gasteiger partial charge in [0.15, 0.2) is 5.69 Å². The van der Waals surface area contributed by atoms with E-state index in [2.05, 4.69) is 35.7 Å². The van der Waals surface area contributed by atoms with E-state index in [4.69, 9.17) is 11.3 Å². The van der Waals surface area contributed by atoms with Crippen LogP contribution in [0.15, 0.2) is 61.2 Å². The molecule has 110 valence electrons. The first-order valence-corrected chi connectivity index (χ1v) is 7.09. The molecule has 2 aromatic carbocycles. The molecule has 3 nitrogen and oxygen atoms in total. The van der Waals surface area contributed by atoms with E-state index >= 15 is 0 Å². The summed E-state index contributed by atoms with van der Waals surface area (Å²) in [4.78, 5) is 14.3. The Morgan fingerprint density at radius 2 is 1.68 bits per heavy atom. The largest absolute Gasteiger partial charge is 0.463 e. The first kappa shape index (κ1) is 15.5. The highest BCUT2D eigenvalue weighted by atomic mass is 16.5. The Balaban J connectivity index is 1.91. The van der Waals surface area contributed by atoms with Crippen molar-refractivity contribution in [2.45, 2.75) is 12.8 Å². The molecule has 0 heterocycles. The number of hydrogen-bond donors (Lipinski definition) is 0. The molecule has 3 heteroatoms. The fourth-order valence-corrected chi connectivity index (χ4v) is 2.10. The van der Waals surface area contributed by atoms with Gasteiger partial charge in [0.1, 0.15) is 0 Å². The highest BCUT2D eigenvalue weighted by Crippen LogP contribution is 2.23. The number of nitrogens with zero attached hydrogens (tertiary/aromatic N) is 1. The number of esters is 1. The van der Waals surface area contributed by atoms with E-state index in [1.165, 1.54) is 11.6 Å². The number of hydrogen-bond acceptors (Lipinski definition) is 2. The van der Waals surface area contributed by atoms with Gasteiger partial charge in [0.2, 0.25) is 0 Å². The Bertz CT molecular complexity index is 679. The minimum absolute atomic E-state index is 0.377. The van der Waals surface area contributed by atoms with Crippen molar-refractivity contribution in [2.24, 2.45) is 0 Å². The van der Waals surface area contributed by atoms with Crippen molar-refractivity contribution >= 4 is 11.7 Å². The number of rotatable bonds is 6. The summed E-state index contributed by atoms with van der Waals surface area (Å²) in [7, 11) is 0. The third-order valence-electron chi connectivity index (χ3n) is 3.30. The maximum Gasteiger partial charge on any atom is 0.330 e. The molecule has 0 fully saturated rings. The van der Waals surface area contributed by atoms with E-state index in [0.29, 0.717) is 12.3 Å². The second-order valence-corrected chi connectivity index (χ2v) is 4.83. The van der Waals surface area contributed by atoms with Crippen LogP contribution in [0.2, 0.25) is 0 Å². The lowest BCUT2D eigenvalue weighted by Gasteiger charge is -2.05. The van der Waals surface area contributed by atoms with Crippen molar-refractivity contribution in [1.82, 2.24) is 0 Å². The van der Waals surface area contributed by atoms with Crippen LogP contribution in [0.1, 0.15) is 12.0 Å². The van der Waals surface area contributed by atoms with Gasteiger partial charge in [0, 0.05) is 6.08 Å². The zero-order chi connectivity index (χ0) is 15.8. The third-order valence-corrected chi connectivity index (χ3v) is 3.30. The fraction of sp³-hybridized carbons (Fsp3) is 0.158. The Kier molecular flexibility index (Phi) is 5.50. The molecule has 0 spiro atoms. The summed E-state index contributed by atoms with van der Waals surface area (Å²) < 4.78 is 4.95. The third kappa shape index (κ3) is 4.32. The van der Waals surface area contributed by atoms with Gasteiger partial charge in [-0.1, -0.05) is 55.1 Å². The lowest BCUT2D eigenvalue weighted by atomic mass is 10.0. The minimum Gasteiger partial charge on any atom is -0.463 e. The lowest BCUT2D eigenvalue weighted by molar-refractivity contribution is -0.137. The standard InChI is InChI=1S/C19H17NO2/c1-3-19(21)22-14-4-5-15-6-8-16(9-7-15)17-10-12-18(20-2)13-11-17/h3,6-13H,1,4-5,14H2. The number of benzene rings is 2. The molecule has 2 rings (SSSR count). The number of carbonyl (C=O) groups is 1. The zero-order valence-corrected chi connectivity index (χ0v) is 12.3. The molecular formula is C19H17NO2. The molecular weight excluding hydrogens is 274 g/mol. The molecule has 0 aliphatic heterocycles. The fourth-order valence-electron chi connectivity index (χ4n) is 2.10. The van der Waals surface area contributed by atoms with Gasteiger partial charge in [0.05, 0.1) is 13.2 Å². The molecule has 0 aromatic heterocycles. The van der Waals surface area contributed by atoms with E-state index in [0.717, 1.165) is 24.0 Å². The molecule has 0 amide bonds. The van der Waals surface area contributed by atoms with Crippen molar-refractivity contribution in [3.63, 3.8) is 0 Å². The summed E-state index contributed by atoms with van der Waals surface area (Å²) in [5.74, 6) is -0.377. The summed E-state index contributed by atoms with van der Waals surface area (Å²) >= 11 is 0. The maximum absolute atomic E-state index is 10.9. The molecule has 0 radical (unpaired) electrons. The summed E-state index contributed by atoms with van der Waals surface area (Å²) in [6.07, 6.45) is 2.83. The van der Waals surface area contributed by atoms with Crippen LogP contribution < -0.4 is 0 Å². The van der Waals surface area contributed by atoms with Crippen LogP contribution in [0, 0.1) is 6.57 Å². The van der Waals surface area contributed by atoms with Crippen LogP contribution in [0.25, 0.3) is 16.0 Å². The maximum atomic E-state index is 10.9. The molecule has 0 aliphatic rings. The van der Waals surface area contributed by atoms with E-state index in [9.17, 15) is 4.79 Å². The smallest absolute Gasteiger partial charge is 0.330 e. The van der Waals surface area contributed by atoms with Crippen molar-refractivity contribution in [3.05, 3.63) is 78.2 Å². The highest BCUT2D eigenvalue weighted by molar-refractivity contribution is 5.81. The Hall–Kier alpha value is -2.86. The molecule has 0 unspecified atom stereocenters. The van der Waals surface area contributed by atoms with E-state index in [1.807, 2.05) is 24.3 Å². The first-order valence-electron chi connectivity index (χ1n) is 7.09. The highest BCUT2D eigenvalue weighted by Gasteiger charge is 2.00. The van der Waals surface area contributed by atoms with Crippen LogP contribution in [0.5, 0.6) is 0 Å². The van der Waals surface area contributed by atoms with Crippen LogP contribution >= 0.6 is 0 Å². The Morgan fingerprint density at radius 3 is 2.23 bits per heavy atom. The molecule has 0 saturated carbocycles. The molecule has 0 atom stereocenters. The van der Waals surface area contributed by atoms with Gasteiger partial charge in [-0.15, -0.1) is 0 Å². The minimum atomic E-state index is -0.377. The summed E-state index contributed by atoms with van der Waals surface area (Å²) in [5, 5.41) is 0. The van der Waals surface area contributed by atoms with Gasteiger partial charge in [-0.05, 0) is 29.5 Å². The molecule has 0 aliphatic carbocycles. The van der Waals surface area contributed by atoms with Gasteiger partial charge in [-0.3, -0.25) is 0 Å². The molecule has 0 bridgehead atoms. The monoisotopic (exact) mass is 291 g/mol. The quantitative estimate of drug-likeness (QED) is 0.338. The molecule has 22 heavy (non-hydrogen) atoms. The van der Waals surface area contributed by atoms with Crippen molar-refractivity contribution in [2.75, 3.05) is 6.61 Å². The van der Waals surface area contributed by atoms with E-state index in [1.54, 1.807) is 0 Å². The van der Waals surface area contributed by atoms with Crippen molar-refractivity contribution < 1.29 is 9.53 Å². The topological polar surface area (TPSA) is 30.7 Å². The average Bonchev–Trinajstić information content (AvgIpc) is 2.59. The second-order valence-electron chi connectivity index (χ2n) is 4.83. The van der Waals surface area contributed by atoms with Crippen LogP contribution in [-0.2, 0) is 16.0 Å². The number of ether oxygens (including phenoxy) is 1. The number of carbonyl (C=O) groups excluding carboxylic acids is 1. The van der Waals surface area contributed by atoms with Crippen molar-refractivity contribution in [1.29, 1.82) is 0 Å². The zero-order valence-electron chi connectivity index (χ0n) is 12.3. The van der Waals surface area contributed by atoms with Crippen molar-refractivity contribution in [3.8, 4) is 11.1 Å². The summed E-state index contributed by atoms with van der Waals surface area (Å²) in [6.45, 7) is 10.7. The van der Waals surface area contributed by atoms with Gasteiger partial charge < -0.3 is 4.74 Å².